The molecule has 1 N–H and O–H groups in total. The molecule has 0 amide bonds. The van der Waals surface area contributed by atoms with Crippen LogP contribution in [0, 0.1) is 0 Å². The summed E-state index contributed by atoms with van der Waals surface area (Å²) in [7, 11) is 1.70. The van der Waals surface area contributed by atoms with Crippen LogP contribution in [0.2, 0.25) is 0 Å². The van der Waals surface area contributed by atoms with Crippen molar-refractivity contribution in [3.05, 3.63) is 54.0 Å². The van der Waals surface area contributed by atoms with Gasteiger partial charge in [0.1, 0.15) is 17.1 Å². The molecule has 0 spiro atoms. The number of H-pyrrole nitrogens is 1. The van der Waals surface area contributed by atoms with E-state index >= 15 is 0 Å². The molecule has 5 nitrogen and oxygen atoms in total. The fraction of sp³-hybridized carbons (Fsp3) is 0.333. The first kappa shape index (κ1) is 14.1. The summed E-state index contributed by atoms with van der Waals surface area (Å²) in [5.41, 5.74) is 3.02. The molecule has 0 aliphatic heterocycles. The molecule has 4 rings (SSSR count). The zero-order valence-electron chi connectivity index (χ0n) is 13.2. The van der Waals surface area contributed by atoms with Crippen molar-refractivity contribution in [3.63, 3.8) is 0 Å². The number of allylic oxidation sites excluding steroid dienone is 2. The molecule has 0 saturated heterocycles. The minimum absolute atomic E-state index is 0.493. The summed E-state index contributed by atoms with van der Waals surface area (Å²) in [6, 6.07) is 8.03. The Hall–Kier alpha value is -2.56. The molecule has 0 saturated carbocycles. The Morgan fingerprint density at radius 1 is 1.30 bits per heavy atom. The Morgan fingerprint density at radius 3 is 3.04 bits per heavy atom. The van der Waals surface area contributed by atoms with Gasteiger partial charge in [0.15, 0.2) is 5.65 Å². The van der Waals surface area contributed by atoms with Crippen LogP contribution < -0.4 is 4.74 Å². The summed E-state index contributed by atoms with van der Waals surface area (Å²) in [4.78, 5) is 8.26. The molecule has 1 aliphatic carbocycles. The molecule has 23 heavy (non-hydrogen) atoms. The number of nitrogens with one attached hydrogen (secondary N) is 1. The van der Waals surface area contributed by atoms with Crippen LogP contribution in [0.15, 0.2) is 42.6 Å². The van der Waals surface area contributed by atoms with Gasteiger partial charge in [0.05, 0.1) is 19.9 Å². The molecule has 2 heterocycles. The van der Waals surface area contributed by atoms with E-state index in [4.69, 9.17) is 9.72 Å². The van der Waals surface area contributed by atoms with Crippen LogP contribution in [-0.2, 0) is 6.54 Å². The van der Waals surface area contributed by atoms with Crippen LogP contribution in [0.1, 0.15) is 36.6 Å². The SMILES string of the molecule is COc1ccccc1Cn1ncc2[nH]c([C@H]3CC=CCC3)nc21. The van der Waals surface area contributed by atoms with Crippen molar-refractivity contribution >= 4 is 11.2 Å². The Bertz CT molecular complexity index is 846. The zero-order chi connectivity index (χ0) is 15.6. The smallest absolute Gasteiger partial charge is 0.176 e. The minimum atomic E-state index is 0.493. The number of benzene rings is 1. The number of methoxy groups -OCH3 is 1. The maximum atomic E-state index is 5.43. The largest absolute Gasteiger partial charge is 0.496 e. The molecule has 0 fully saturated rings. The van der Waals surface area contributed by atoms with E-state index in [0.717, 1.165) is 47.6 Å². The number of hydrogen-bond donors (Lipinski definition) is 1. The highest BCUT2D eigenvalue weighted by atomic mass is 16.5. The molecule has 118 valence electrons. The highest BCUT2D eigenvalue weighted by Crippen LogP contribution is 2.29. The predicted octanol–water partition coefficient (Wildman–Crippen LogP) is 3.64. The van der Waals surface area contributed by atoms with E-state index in [1.807, 2.05) is 29.1 Å². The lowest BCUT2D eigenvalue weighted by atomic mass is 9.94. The van der Waals surface area contributed by atoms with Gasteiger partial charge in [0, 0.05) is 11.5 Å². The Kier molecular flexibility index (Phi) is 3.61. The first-order valence-electron chi connectivity index (χ1n) is 8.03. The molecule has 2 aromatic heterocycles. The highest BCUT2D eigenvalue weighted by Gasteiger charge is 2.18. The van der Waals surface area contributed by atoms with Crippen molar-refractivity contribution < 1.29 is 4.74 Å². The zero-order valence-corrected chi connectivity index (χ0v) is 13.2. The van der Waals surface area contributed by atoms with Gasteiger partial charge in [0.25, 0.3) is 0 Å². The van der Waals surface area contributed by atoms with Gasteiger partial charge >= 0.3 is 0 Å². The Morgan fingerprint density at radius 2 is 2.22 bits per heavy atom. The van der Waals surface area contributed by atoms with Gasteiger partial charge in [-0.3, -0.25) is 0 Å². The normalized spacial score (nSPS) is 17.7. The third-order valence-corrected chi connectivity index (χ3v) is 4.47. The van der Waals surface area contributed by atoms with E-state index in [-0.39, 0.29) is 0 Å². The van der Waals surface area contributed by atoms with E-state index < -0.39 is 0 Å². The van der Waals surface area contributed by atoms with Crippen molar-refractivity contribution in [3.8, 4) is 5.75 Å². The molecule has 0 bridgehead atoms. The second-order valence-corrected chi connectivity index (χ2v) is 5.95. The van der Waals surface area contributed by atoms with Gasteiger partial charge in [-0.05, 0) is 25.3 Å². The number of fused-ring (bicyclic) bond motifs is 1. The lowest BCUT2D eigenvalue weighted by molar-refractivity contribution is 0.407. The molecule has 0 radical (unpaired) electrons. The number of aromatic nitrogens is 4. The van der Waals surface area contributed by atoms with Crippen LogP contribution >= 0.6 is 0 Å². The first-order valence-corrected chi connectivity index (χ1v) is 8.03. The summed E-state index contributed by atoms with van der Waals surface area (Å²) in [6.07, 6.45) is 9.72. The van der Waals surface area contributed by atoms with E-state index in [2.05, 4.69) is 28.3 Å². The molecular weight excluding hydrogens is 288 g/mol. The fourth-order valence-electron chi connectivity index (χ4n) is 3.21. The third kappa shape index (κ3) is 2.63. The maximum absolute atomic E-state index is 5.43. The molecule has 0 unspecified atom stereocenters. The average molecular weight is 308 g/mol. The number of ether oxygens (including phenoxy) is 1. The molecular formula is C18H20N4O. The van der Waals surface area contributed by atoms with Crippen molar-refractivity contribution in [2.24, 2.45) is 0 Å². The van der Waals surface area contributed by atoms with Crippen LogP contribution in [0.3, 0.4) is 0 Å². The molecule has 1 aliphatic rings. The van der Waals surface area contributed by atoms with E-state index in [0.29, 0.717) is 12.5 Å². The van der Waals surface area contributed by atoms with Crippen LogP contribution in [0.5, 0.6) is 5.75 Å². The molecule has 1 atom stereocenters. The monoisotopic (exact) mass is 308 g/mol. The van der Waals surface area contributed by atoms with Gasteiger partial charge < -0.3 is 9.72 Å². The summed E-state index contributed by atoms with van der Waals surface area (Å²) < 4.78 is 7.37. The second kappa shape index (κ2) is 5.91. The van der Waals surface area contributed by atoms with Gasteiger partial charge in [-0.2, -0.15) is 5.10 Å². The molecule has 3 aromatic rings. The topological polar surface area (TPSA) is 55.7 Å². The number of rotatable bonds is 4. The number of imidazole rings is 1. The predicted molar refractivity (Wildman–Crippen MR) is 89.7 cm³/mol. The van der Waals surface area contributed by atoms with E-state index in [9.17, 15) is 0 Å². The van der Waals surface area contributed by atoms with Gasteiger partial charge in [-0.25, -0.2) is 9.67 Å². The van der Waals surface area contributed by atoms with E-state index in [1.54, 1.807) is 7.11 Å². The molecule has 1 aromatic carbocycles. The van der Waals surface area contributed by atoms with Gasteiger partial charge in [-0.15, -0.1) is 0 Å². The average Bonchev–Trinajstić information content (AvgIpc) is 3.18. The van der Waals surface area contributed by atoms with Crippen LogP contribution in [0.25, 0.3) is 11.2 Å². The summed E-state index contributed by atoms with van der Waals surface area (Å²) in [5.74, 6) is 2.45. The number of nitrogens with zero attached hydrogens (tertiary/aromatic N) is 3. The van der Waals surface area contributed by atoms with Crippen LogP contribution in [0.4, 0.5) is 0 Å². The van der Waals surface area contributed by atoms with Crippen LogP contribution in [-0.4, -0.2) is 26.9 Å². The van der Waals surface area contributed by atoms with Gasteiger partial charge in [-0.1, -0.05) is 30.4 Å². The van der Waals surface area contributed by atoms with Crippen molar-refractivity contribution in [1.82, 2.24) is 19.7 Å². The van der Waals surface area contributed by atoms with Crippen molar-refractivity contribution in [2.45, 2.75) is 31.7 Å². The Balaban J connectivity index is 1.65. The fourth-order valence-corrected chi connectivity index (χ4v) is 3.21. The summed E-state index contributed by atoms with van der Waals surface area (Å²) >= 11 is 0. The number of hydrogen-bond acceptors (Lipinski definition) is 3. The standard InChI is InChI=1S/C18H20N4O/c1-23-16-10-6-5-9-14(16)12-22-18-15(11-19-22)20-17(21-18)13-7-3-2-4-8-13/h2-3,5-6,9-11,13H,4,7-8,12H2,1H3,(H,20,21)/t13-/m0/s1. The summed E-state index contributed by atoms with van der Waals surface area (Å²) in [6.45, 7) is 0.655. The number of aromatic amines is 1. The maximum Gasteiger partial charge on any atom is 0.176 e. The Labute approximate surface area is 135 Å². The quantitative estimate of drug-likeness (QED) is 0.749. The lowest BCUT2D eigenvalue weighted by Crippen LogP contribution is -2.05. The number of para-hydroxylation sites is 1. The summed E-state index contributed by atoms with van der Waals surface area (Å²) in [5, 5.41) is 4.47. The third-order valence-electron chi connectivity index (χ3n) is 4.47. The lowest BCUT2D eigenvalue weighted by Gasteiger charge is -2.14. The second-order valence-electron chi connectivity index (χ2n) is 5.95. The van der Waals surface area contributed by atoms with Crippen molar-refractivity contribution in [2.75, 3.05) is 7.11 Å². The van der Waals surface area contributed by atoms with Crippen molar-refractivity contribution in [1.29, 1.82) is 0 Å². The van der Waals surface area contributed by atoms with E-state index in [1.165, 1.54) is 0 Å². The first-order chi connectivity index (χ1) is 11.3. The molecule has 5 heteroatoms. The van der Waals surface area contributed by atoms with Gasteiger partial charge in [0.2, 0.25) is 0 Å². The highest BCUT2D eigenvalue weighted by molar-refractivity contribution is 5.70. The minimum Gasteiger partial charge on any atom is -0.496 e.